The average molecular weight is 263 g/mol. The standard InChI is InChI=1S/C15H21NO3/c1-10-6-7-11(2)13(8-10)14(17)16(4)9-12(3)15(18)19-5/h6-8,12H,9H2,1-5H3. The molecule has 0 fully saturated rings. The monoisotopic (exact) mass is 263 g/mol. The van der Waals surface area contributed by atoms with Crippen molar-refractivity contribution in [3.8, 4) is 0 Å². The Morgan fingerprint density at radius 1 is 1.32 bits per heavy atom. The van der Waals surface area contributed by atoms with Crippen LogP contribution in [-0.4, -0.2) is 37.5 Å². The molecular weight excluding hydrogens is 242 g/mol. The van der Waals surface area contributed by atoms with Crippen LogP contribution in [0.15, 0.2) is 18.2 Å². The number of nitrogens with zero attached hydrogens (tertiary/aromatic N) is 1. The summed E-state index contributed by atoms with van der Waals surface area (Å²) in [5.74, 6) is -0.707. The summed E-state index contributed by atoms with van der Waals surface area (Å²) in [4.78, 5) is 25.3. The van der Waals surface area contributed by atoms with Crippen LogP contribution in [0.5, 0.6) is 0 Å². The highest BCUT2D eigenvalue weighted by Crippen LogP contribution is 2.14. The number of rotatable bonds is 4. The van der Waals surface area contributed by atoms with Crippen LogP contribution in [0.1, 0.15) is 28.4 Å². The first-order chi connectivity index (χ1) is 8.86. The molecule has 4 heteroatoms. The molecule has 1 aromatic rings. The van der Waals surface area contributed by atoms with Crippen LogP contribution < -0.4 is 0 Å². The fraction of sp³-hybridized carbons (Fsp3) is 0.467. The Bertz CT molecular complexity index is 482. The smallest absolute Gasteiger partial charge is 0.310 e. The number of methoxy groups -OCH3 is 1. The molecule has 0 aliphatic heterocycles. The van der Waals surface area contributed by atoms with Crippen molar-refractivity contribution in [2.75, 3.05) is 20.7 Å². The van der Waals surface area contributed by atoms with Gasteiger partial charge in [-0.25, -0.2) is 0 Å². The van der Waals surface area contributed by atoms with Crippen LogP contribution >= 0.6 is 0 Å². The number of hydrogen-bond donors (Lipinski definition) is 0. The first-order valence-corrected chi connectivity index (χ1v) is 6.27. The highest BCUT2D eigenvalue weighted by atomic mass is 16.5. The number of hydrogen-bond acceptors (Lipinski definition) is 3. The van der Waals surface area contributed by atoms with Gasteiger partial charge in [-0.3, -0.25) is 9.59 Å². The third-order valence-electron chi connectivity index (χ3n) is 3.12. The summed E-state index contributed by atoms with van der Waals surface area (Å²) in [6.45, 7) is 5.95. The van der Waals surface area contributed by atoms with Gasteiger partial charge in [0.2, 0.25) is 0 Å². The molecule has 0 aliphatic carbocycles. The van der Waals surface area contributed by atoms with Gasteiger partial charge >= 0.3 is 5.97 Å². The van der Waals surface area contributed by atoms with E-state index in [-0.39, 0.29) is 17.8 Å². The highest BCUT2D eigenvalue weighted by molar-refractivity contribution is 5.95. The molecule has 1 amide bonds. The number of carbonyl (C=O) groups excluding carboxylic acids is 2. The molecule has 4 nitrogen and oxygen atoms in total. The predicted octanol–water partition coefficient (Wildman–Crippen LogP) is 2.18. The van der Waals surface area contributed by atoms with E-state index in [0.717, 1.165) is 11.1 Å². The topological polar surface area (TPSA) is 46.6 Å². The Balaban J connectivity index is 2.82. The Morgan fingerprint density at radius 2 is 1.95 bits per heavy atom. The molecule has 0 radical (unpaired) electrons. The fourth-order valence-corrected chi connectivity index (χ4v) is 1.94. The molecule has 1 aromatic carbocycles. The predicted molar refractivity (Wildman–Crippen MR) is 74.1 cm³/mol. The van der Waals surface area contributed by atoms with Crippen LogP contribution in [0.3, 0.4) is 0 Å². The van der Waals surface area contributed by atoms with Gasteiger partial charge in [-0.05, 0) is 25.5 Å². The zero-order valence-electron chi connectivity index (χ0n) is 12.2. The van der Waals surface area contributed by atoms with Crippen molar-refractivity contribution in [2.45, 2.75) is 20.8 Å². The largest absolute Gasteiger partial charge is 0.469 e. The van der Waals surface area contributed by atoms with Gasteiger partial charge in [0.1, 0.15) is 0 Å². The van der Waals surface area contributed by atoms with Crippen molar-refractivity contribution in [3.63, 3.8) is 0 Å². The summed E-state index contributed by atoms with van der Waals surface area (Å²) in [5, 5.41) is 0. The minimum absolute atomic E-state index is 0.0723. The molecule has 1 unspecified atom stereocenters. The van der Waals surface area contributed by atoms with Gasteiger partial charge in [0.15, 0.2) is 0 Å². The van der Waals surface area contributed by atoms with Crippen molar-refractivity contribution in [2.24, 2.45) is 5.92 Å². The maximum Gasteiger partial charge on any atom is 0.310 e. The number of benzene rings is 1. The van der Waals surface area contributed by atoms with E-state index in [2.05, 4.69) is 4.74 Å². The van der Waals surface area contributed by atoms with Crippen LogP contribution in [-0.2, 0) is 9.53 Å². The van der Waals surface area contributed by atoms with Gasteiger partial charge in [-0.15, -0.1) is 0 Å². The minimum Gasteiger partial charge on any atom is -0.469 e. The molecule has 0 aliphatic rings. The Morgan fingerprint density at radius 3 is 2.53 bits per heavy atom. The Kier molecular flexibility index (Phi) is 5.10. The molecule has 1 rings (SSSR count). The number of carbonyl (C=O) groups is 2. The van der Waals surface area contributed by atoms with Crippen LogP contribution in [0.4, 0.5) is 0 Å². The molecule has 0 bridgehead atoms. The van der Waals surface area contributed by atoms with E-state index in [1.807, 2.05) is 32.0 Å². The normalized spacial score (nSPS) is 11.8. The molecule has 0 spiro atoms. The van der Waals surface area contributed by atoms with E-state index in [1.165, 1.54) is 7.11 Å². The third kappa shape index (κ3) is 3.81. The van der Waals surface area contributed by atoms with Gasteiger partial charge in [0.25, 0.3) is 5.91 Å². The Labute approximate surface area is 114 Å². The molecule has 0 saturated carbocycles. The van der Waals surface area contributed by atoms with Crippen LogP contribution in [0.25, 0.3) is 0 Å². The molecular formula is C15H21NO3. The highest BCUT2D eigenvalue weighted by Gasteiger charge is 2.20. The summed E-state index contributed by atoms with van der Waals surface area (Å²) in [5.41, 5.74) is 2.66. The lowest BCUT2D eigenvalue weighted by molar-refractivity contribution is -0.145. The number of esters is 1. The zero-order chi connectivity index (χ0) is 14.6. The van der Waals surface area contributed by atoms with Crippen molar-refractivity contribution in [1.82, 2.24) is 4.90 Å². The molecule has 1 atom stereocenters. The van der Waals surface area contributed by atoms with E-state index in [9.17, 15) is 9.59 Å². The van der Waals surface area contributed by atoms with E-state index in [1.54, 1.807) is 18.9 Å². The van der Waals surface area contributed by atoms with Gasteiger partial charge in [0.05, 0.1) is 13.0 Å². The third-order valence-corrected chi connectivity index (χ3v) is 3.12. The lowest BCUT2D eigenvalue weighted by Crippen LogP contribution is -2.34. The zero-order valence-corrected chi connectivity index (χ0v) is 12.2. The second kappa shape index (κ2) is 6.36. The average Bonchev–Trinajstić information content (AvgIpc) is 2.39. The van der Waals surface area contributed by atoms with Crippen molar-refractivity contribution in [1.29, 1.82) is 0 Å². The second-order valence-electron chi connectivity index (χ2n) is 4.93. The maximum absolute atomic E-state index is 12.3. The molecule has 0 heterocycles. The molecule has 0 saturated heterocycles. The first kappa shape index (κ1) is 15.2. The minimum atomic E-state index is -0.330. The molecule has 104 valence electrons. The van der Waals surface area contributed by atoms with E-state index >= 15 is 0 Å². The van der Waals surface area contributed by atoms with Gasteiger partial charge in [-0.2, -0.15) is 0 Å². The molecule has 0 N–H and O–H groups in total. The molecule has 19 heavy (non-hydrogen) atoms. The van der Waals surface area contributed by atoms with E-state index in [4.69, 9.17) is 0 Å². The summed E-state index contributed by atoms with van der Waals surface area (Å²) >= 11 is 0. The summed E-state index contributed by atoms with van der Waals surface area (Å²) in [7, 11) is 3.05. The second-order valence-corrected chi connectivity index (χ2v) is 4.93. The number of ether oxygens (including phenoxy) is 1. The Hall–Kier alpha value is -1.84. The van der Waals surface area contributed by atoms with Gasteiger partial charge in [-0.1, -0.05) is 24.6 Å². The lowest BCUT2D eigenvalue weighted by Gasteiger charge is -2.21. The number of amides is 1. The first-order valence-electron chi connectivity index (χ1n) is 6.27. The van der Waals surface area contributed by atoms with Crippen molar-refractivity contribution in [3.05, 3.63) is 34.9 Å². The van der Waals surface area contributed by atoms with Crippen molar-refractivity contribution >= 4 is 11.9 Å². The summed E-state index contributed by atoms with van der Waals surface area (Å²) in [6, 6.07) is 5.78. The summed E-state index contributed by atoms with van der Waals surface area (Å²) in [6.07, 6.45) is 0. The van der Waals surface area contributed by atoms with Gasteiger partial charge in [0, 0.05) is 19.2 Å². The fourth-order valence-electron chi connectivity index (χ4n) is 1.94. The summed E-state index contributed by atoms with van der Waals surface area (Å²) < 4.78 is 4.66. The van der Waals surface area contributed by atoms with Crippen LogP contribution in [0.2, 0.25) is 0 Å². The van der Waals surface area contributed by atoms with Crippen LogP contribution in [0, 0.1) is 19.8 Å². The number of aryl methyl sites for hydroxylation is 2. The lowest BCUT2D eigenvalue weighted by atomic mass is 10.0. The van der Waals surface area contributed by atoms with Crippen molar-refractivity contribution < 1.29 is 14.3 Å². The SMILES string of the molecule is COC(=O)C(C)CN(C)C(=O)c1cc(C)ccc1C. The van der Waals surface area contributed by atoms with Gasteiger partial charge < -0.3 is 9.64 Å². The van der Waals surface area contributed by atoms with E-state index in [0.29, 0.717) is 12.1 Å². The van der Waals surface area contributed by atoms with E-state index < -0.39 is 0 Å². The molecule has 0 aromatic heterocycles. The quantitative estimate of drug-likeness (QED) is 0.782. The maximum atomic E-state index is 12.3.